The number of rotatable bonds is 3. The Morgan fingerprint density at radius 2 is 1.94 bits per heavy atom. The van der Waals surface area contributed by atoms with Gasteiger partial charge in [0, 0.05) is 9.75 Å². The molecule has 2 rings (SSSR count). The van der Waals surface area contributed by atoms with Crippen LogP contribution in [0.1, 0.15) is 39.5 Å². The average Bonchev–Trinajstić information content (AvgIpc) is 2.80. The Morgan fingerprint density at radius 1 is 1.18 bits per heavy atom. The van der Waals surface area contributed by atoms with Crippen molar-refractivity contribution in [2.45, 2.75) is 33.3 Å². The number of aliphatic hydroxyl groups excluding tert-OH is 1. The summed E-state index contributed by atoms with van der Waals surface area (Å²) in [6.45, 7) is 6.24. The van der Waals surface area contributed by atoms with Gasteiger partial charge in [-0.1, -0.05) is 30.7 Å². The molecule has 0 aliphatic heterocycles. The summed E-state index contributed by atoms with van der Waals surface area (Å²) in [5, 5.41) is 10.4. The first-order chi connectivity index (χ1) is 8.11. The Hall–Kier alpha value is -1.12. The van der Waals surface area contributed by atoms with Crippen molar-refractivity contribution >= 4 is 11.3 Å². The molecule has 1 heterocycles. The quantitative estimate of drug-likeness (QED) is 0.867. The summed E-state index contributed by atoms with van der Waals surface area (Å²) in [6, 6.07) is 10.4. The van der Waals surface area contributed by atoms with E-state index in [4.69, 9.17) is 0 Å². The molecule has 0 spiro atoms. The minimum Gasteiger partial charge on any atom is -0.383 e. The van der Waals surface area contributed by atoms with Gasteiger partial charge in [-0.05, 0) is 43.5 Å². The lowest BCUT2D eigenvalue weighted by molar-refractivity contribution is 0.223. The van der Waals surface area contributed by atoms with E-state index in [0.29, 0.717) is 0 Å². The third-order valence-corrected chi connectivity index (χ3v) is 4.31. The molecule has 17 heavy (non-hydrogen) atoms. The molecule has 1 atom stereocenters. The van der Waals surface area contributed by atoms with E-state index in [1.807, 2.05) is 13.0 Å². The number of aliphatic hydroxyl groups is 1. The summed E-state index contributed by atoms with van der Waals surface area (Å²) in [6.07, 6.45) is 0.546. The van der Waals surface area contributed by atoms with Gasteiger partial charge in [0.2, 0.25) is 0 Å². The van der Waals surface area contributed by atoms with Gasteiger partial charge in [-0.2, -0.15) is 0 Å². The monoisotopic (exact) mass is 246 g/mol. The molecule has 0 aliphatic carbocycles. The van der Waals surface area contributed by atoms with Crippen LogP contribution in [0.5, 0.6) is 0 Å². The summed E-state index contributed by atoms with van der Waals surface area (Å²) in [5.74, 6) is 0. The molecule has 90 valence electrons. The second-order valence-electron chi connectivity index (χ2n) is 4.42. The van der Waals surface area contributed by atoms with E-state index in [1.165, 1.54) is 10.4 Å². The molecule has 1 N–H and O–H groups in total. The molecular weight excluding hydrogens is 228 g/mol. The van der Waals surface area contributed by atoms with Crippen LogP contribution in [0.25, 0.3) is 0 Å². The van der Waals surface area contributed by atoms with Crippen molar-refractivity contribution in [3.63, 3.8) is 0 Å². The zero-order chi connectivity index (χ0) is 12.4. The Bertz CT molecular complexity index is 513. The van der Waals surface area contributed by atoms with E-state index in [0.717, 1.165) is 22.4 Å². The van der Waals surface area contributed by atoms with Crippen molar-refractivity contribution < 1.29 is 5.11 Å². The van der Waals surface area contributed by atoms with Crippen LogP contribution >= 0.6 is 11.3 Å². The zero-order valence-corrected chi connectivity index (χ0v) is 11.3. The van der Waals surface area contributed by atoms with Crippen LogP contribution < -0.4 is 0 Å². The van der Waals surface area contributed by atoms with Crippen molar-refractivity contribution in [1.29, 1.82) is 0 Å². The third-order valence-electron chi connectivity index (χ3n) is 3.03. The van der Waals surface area contributed by atoms with Crippen LogP contribution in [0.4, 0.5) is 0 Å². The first kappa shape index (κ1) is 12.3. The normalized spacial score (nSPS) is 12.7. The first-order valence-electron chi connectivity index (χ1n) is 5.95. The van der Waals surface area contributed by atoms with Gasteiger partial charge in [0.25, 0.3) is 0 Å². The summed E-state index contributed by atoms with van der Waals surface area (Å²) in [4.78, 5) is 2.36. The molecule has 0 saturated carbocycles. The second-order valence-corrected chi connectivity index (χ2v) is 5.62. The fourth-order valence-electron chi connectivity index (χ4n) is 1.94. The van der Waals surface area contributed by atoms with E-state index in [9.17, 15) is 5.11 Å². The summed E-state index contributed by atoms with van der Waals surface area (Å²) >= 11 is 1.70. The molecule has 0 bridgehead atoms. The van der Waals surface area contributed by atoms with Crippen molar-refractivity contribution in [2.75, 3.05) is 0 Å². The predicted molar refractivity (Wildman–Crippen MR) is 73.7 cm³/mol. The Balaban J connectivity index is 2.35. The molecular formula is C15H18OS. The highest BCUT2D eigenvalue weighted by molar-refractivity contribution is 7.12. The predicted octanol–water partition coefficient (Wildman–Crippen LogP) is 4.01. The van der Waals surface area contributed by atoms with Gasteiger partial charge in [0.15, 0.2) is 0 Å². The molecule has 0 aliphatic rings. The zero-order valence-electron chi connectivity index (χ0n) is 10.5. The van der Waals surface area contributed by atoms with Crippen molar-refractivity contribution in [3.05, 3.63) is 56.8 Å². The average molecular weight is 246 g/mol. The highest BCUT2D eigenvalue weighted by atomic mass is 32.1. The highest BCUT2D eigenvalue weighted by Gasteiger charge is 2.14. The van der Waals surface area contributed by atoms with Crippen molar-refractivity contribution in [2.24, 2.45) is 0 Å². The first-order valence-corrected chi connectivity index (χ1v) is 6.77. The fourth-order valence-corrected chi connectivity index (χ4v) is 2.90. The smallest absolute Gasteiger partial charge is 0.113 e. The largest absolute Gasteiger partial charge is 0.383 e. The Labute approximate surface area is 107 Å². The Kier molecular flexibility index (Phi) is 3.65. The van der Waals surface area contributed by atoms with E-state index < -0.39 is 6.10 Å². The molecule has 0 saturated heterocycles. The van der Waals surface area contributed by atoms with Gasteiger partial charge in [-0.25, -0.2) is 0 Å². The molecule has 1 aromatic heterocycles. The molecule has 2 heteroatoms. The van der Waals surface area contributed by atoms with Crippen LogP contribution in [-0.2, 0) is 6.42 Å². The summed E-state index contributed by atoms with van der Waals surface area (Å²) in [7, 11) is 0. The summed E-state index contributed by atoms with van der Waals surface area (Å²) < 4.78 is 0. The molecule has 0 amide bonds. The lowest BCUT2D eigenvalue weighted by Crippen LogP contribution is -2.00. The molecule has 1 nitrogen and oxygen atoms in total. The van der Waals surface area contributed by atoms with Crippen molar-refractivity contribution in [1.82, 2.24) is 0 Å². The number of benzene rings is 1. The molecule has 0 radical (unpaired) electrons. The highest BCUT2D eigenvalue weighted by Crippen LogP contribution is 2.30. The van der Waals surface area contributed by atoms with Gasteiger partial charge in [0.05, 0.1) is 0 Å². The van der Waals surface area contributed by atoms with Crippen LogP contribution in [0.3, 0.4) is 0 Å². The number of hydrogen-bond donors (Lipinski definition) is 1. The van der Waals surface area contributed by atoms with Gasteiger partial charge in [-0.15, -0.1) is 11.3 Å². The van der Waals surface area contributed by atoms with Gasteiger partial charge < -0.3 is 5.11 Å². The second kappa shape index (κ2) is 5.03. The van der Waals surface area contributed by atoms with Gasteiger partial charge in [0.1, 0.15) is 6.10 Å². The van der Waals surface area contributed by atoms with Crippen LogP contribution in [0, 0.1) is 13.8 Å². The number of hydrogen-bond acceptors (Lipinski definition) is 2. The Morgan fingerprint density at radius 3 is 2.59 bits per heavy atom. The minimum atomic E-state index is -0.486. The van der Waals surface area contributed by atoms with E-state index >= 15 is 0 Å². The number of thiophene rings is 1. The SMILES string of the molecule is CCc1ccc(C(O)c2cc(C)ccc2C)s1. The minimum absolute atomic E-state index is 0.486. The van der Waals surface area contributed by atoms with Gasteiger partial charge in [-0.3, -0.25) is 0 Å². The maximum absolute atomic E-state index is 10.4. The lowest BCUT2D eigenvalue weighted by Gasteiger charge is -2.13. The van der Waals surface area contributed by atoms with Crippen LogP contribution in [-0.4, -0.2) is 5.11 Å². The molecule has 2 aromatic rings. The van der Waals surface area contributed by atoms with Crippen LogP contribution in [0.15, 0.2) is 30.3 Å². The van der Waals surface area contributed by atoms with E-state index in [2.05, 4.69) is 38.1 Å². The topological polar surface area (TPSA) is 20.2 Å². The lowest BCUT2D eigenvalue weighted by atomic mass is 10.00. The molecule has 1 aromatic carbocycles. The van der Waals surface area contributed by atoms with E-state index in [1.54, 1.807) is 11.3 Å². The maximum Gasteiger partial charge on any atom is 0.113 e. The third kappa shape index (κ3) is 2.59. The fraction of sp³-hybridized carbons (Fsp3) is 0.333. The standard InChI is InChI=1S/C15H18OS/c1-4-12-7-8-14(17-12)15(16)13-9-10(2)5-6-11(13)3/h5-9,15-16H,4H2,1-3H3. The van der Waals surface area contributed by atoms with Crippen LogP contribution in [0.2, 0.25) is 0 Å². The van der Waals surface area contributed by atoms with Crippen molar-refractivity contribution in [3.8, 4) is 0 Å². The van der Waals surface area contributed by atoms with Gasteiger partial charge >= 0.3 is 0 Å². The number of aryl methyl sites for hydroxylation is 3. The van der Waals surface area contributed by atoms with E-state index in [-0.39, 0.29) is 0 Å². The maximum atomic E-state index is 10.4. The molecule has 0 fully saturated rings. The summed E-state index contributed by atoms with van der Waals surface area (Å²) in [5.41, 5.74) is 3.36. The molecule has 1 unspecified atom stereocenters.